The van der Waals surface area contributed by atoms with E-state index in [9.17, 15) is 68.1 Å². The van der Waals surface area contributed by atoms with Gasteiger partial charge < -0.3 is 62.7 Å². The molecule has 6 aromatic carbocycles. The summed E-state index contributed by atoms with van der Waals surface area (Å²) >= 11 is 0. The van der Waals surface area contributed by atoms with Crippen LogP contribution in [-0.4, -0.2) is 154 Å². The third-order valence-electron chi connectivity index (χ3n) is 16.6. The number of ether oxygens (including phenoxy) is 10. The van der Waals surface area contributed by atoms with Crippen LogP contribution in [0.4, 0.5) is 0 Å². The van der Waals surface area contributed by atoms with E-state index >= 15 is 0 Å². The van der Waals surface area contributed by atoms with Crippen LogP contribution < -0.4 is 22.5 Å². The maximum absolute atomic E-state index is 13.4. The monoisotopic (exact) mass is 1390 g/mol. The molecule has 3 fully saturated rings. The van der Waals surface area contributed by atoms with Gasteiger partial charge in [-0.3, -0.25) is 33.5 Å². The number of aliphatic hydroxyl groups excluding tert-OH is 2. The van der Waals surface area contributed by atoms with Gasteiger partial charge in [0.25, 0.3) is 11.1 Å². The molecule has 8 aromatic rings. The molecule has 0 amide bonds. The Labute approximate surface area is 575 Å². The van der Waals surface area contributed by atoms with E-state index in [4.69, 9.17) is 47.4 Å². The Hall–Kier alpha value is -11.3. The summed E-state index contributed by atoms with van der Waals surface area (Å²) in [5.41, 5.74) is -6.87. The fourth-order valence-electron chi connectivity index (χ4n) is 11.3. The van der Waals surface area contributed by atoms with Gasteiger partial charge in [0, 0.05) is 31.5 Å². The number of aromatic amines is 2. The number of H-pyrrole nitrogens is 2. The minimum absolute atomic E-state index is 0.191. The van der Waals surface area contributed by atoms with Crippen molar-refractivity contribution in [3.63, 3.8) is 0 Å². The largest absolute Gasteiger partial charge is 0.456 e. The maximum atomic E-state index is 13.4. The zero-order valence-corrected chi connectivity index (χ0v) is 55.4. The highest BCUT2D eigenvalue weighted by molar-refractivity contribution is 5.93. The molecular formula is C73H72N4O24. The first-order valence-electron chi connectivity index (χ1n) is 31.6. The molecule has 15 atom stereocenters. The van der Waals surface area contributed by atoms with Crippen LogP contribution in [0.3, 0.4) is 0 Å². The molecule has 5 N–H and O–H groups in total. The van der Waals surface area contributed by atoms with Crippen LogP contribution in [0.15, 0.2) is 226 Å². The van der Waals surface area contributed by atoms with Gasteiger partial charge in [0.2, 0.25) is 11.9 Å². The number of aliphatic hydroxyl groups is 3. The lowest BCUT2D eigenvalue weighted by atomic mass is 9.93. The highest BCUT2D eigenvalue weighted by Gasteiger charge is 2.64. The summed E-state index contributed by atoms with van der Waals surface area (Å²) in [6.07, 6.45) is -12.4. The van der Waals surface area contributed by atoms with Crippen molar-refractivity contribution in [3.05, 3.63) is 282 Å². The molecule has 11 rings (SSSR count). The summed E-state index contributed by atoms with van der Waals surface area (Å²) in [6, 6.07) is 51.3. The molecule has 101 heavy (non-hydrogen) atoms. The zero-order chi connectivity index (χ0) is 72.9. The standard InChI is InChI=1S/C32H28N2O9.C30H28O9.C11H16N2O6/c1-20(40-27(36)21-12-6-3-7-13-21)25-26(42-28(37)22-14-8-4-9-15-22)32(2,43-29(38)23-16-10-5-11-17-23)30(41-25)34-19-18-24(35)33-31(34)39;1-19(35-26(32)21-13-7-4-8-14-21)24-25(38-27(33)22-15-9-5-10-16-22)30(3,29(37-24)36-20(2)31)39-28(34)23-17-11-6-12-18-23;1-5(14)7-8(16)11(2,18)9(19-7)13-4-3-6(15)12-10(13)17/h3-20,25-26,30H,1-2H3,(H,33,35,39);4-19,24-25,29H,1-3H3;3-5,7-9,14,16,18H,1-2H3,(H,12,15,17)/t20-,25-,26-,30-,32-;19-,24-,25-,29?,30-;5-,7-,8-,9-,11-/m111/s1. The summed E-state index contributed by atoms with van der Waals surface area (Å²) in [7, 11) is 0. The Morgan fingerprint density at radius 3 is 1.10 bits per heavy atom. The smallest absolute Gasteiger partial charge is 0.339 e. The lowest BCUT2D eigenvalue weighted by Gasteiger charge is -2.35. The number of esters is 7. The average Bonchev–Trinajstić information content (AvgIpc) is 1.62. The molecule has 0 saturated carbocycles. The summed E-state index contributed by atoms with van der Waals surface area (Å²) in [4.78, 5) is 142. The minimum Gasteiger partial charge on any atom is -0.456 e. The van der Waals surface area contributed by atoms with Crippen LogP contribution >= 0.6 is 0 Å². The van der Waals surface area contributed by atoms with Gasteiger partial charge in [-0.15, -0.1) is 0 Å². The van der Waals surface area contributed by atoms with Gasteiger partial charge in [-0.2, -0.15) is 0 Å². The fourth-order valence-corrected chi connectivity index (χ4v) is 11.3. The van der Waals surface area contributed by atoms with Crippen molar-refractivity contribution in [2.45, 2.75) is 139 Å². The molecular weight excluding hydrogens is 1320 g/mol. The Kier molecular flexibility index (Phi) is 23.5. The van der Waals surface area contributed by atoms with Gasteiger partial charge in [-0.1, -0.05) is 109 Å². The number of hydrogen-bond donors (Lipinski definition) is 5. The van der Waals surface area contributed by atoms with Crippen LogP contribution in [-0.2, 0) is 52.2 Å². The van der Waals surface area contributed by atoms with Crippen molar-refractivity contribution in [2.75, 3.05) is 0 Å². The van der Waals surface area contributed by atoms with Crippen molar-refractivity contribution in [2.24, 2.45) is 0 Å². The number of aromatic nitrogens is 4. The van der Waals surface area contributed by atoms with E-state index in [1.807, 2.05) is 4.98 Å². The number of carbonyl (C=O) groups is 7. The molecule has 28 heteroatoms. The lowest BCUT2D eigenvalue weighted by molar-refractivity contribution is -0.208. The molecule has 3 aliphatic rings. The first-order chi connectivity index (χ1) is 48.1. The van der Waals surface area contributed by atoms with Crippen LogP contribution in [0.5, 0.6) is 0 Å². The number of benzene rings is 6. The molecule has 3 aliphatic heterocycles. The van der Waals surface area contributed by atoms with Crippen LogP contribution in [0.25, 0.3) is 0 Å². The molecule has 528 valence electrons. The fraction of sp³-hybridized carbons (Fsp3) is 0.301. The van der Waals surface area contributed by atoms with E-state index in [1.54, 1.807) is 177 Å². The van der Waals surface area contributed by atoms with Crippen molar-refractivity contribution >= 4 is 41.8 Å². The minimum atomic E-state index is -1.86. The van der Waals surface area contributed by atoms with Crippen molar-refractivity contribution < 1.29 is 96.2 Å². The Morgan fingerprint density at radius 2 is 0.752 bits per heavy atom. The maximum Gasteiger partial charge on any atom is 0.339 e. The SMILES string of the molecule is CC(=O)OC1O[C@H]([C@@H](C)OC(=O)c2ccccc2)[C@@H](OC(=O)c2ccccc2)[C@@]1(C)OC(=O)c1ccccc1.C[C@@H](O)[C@H]1O[C@@H](n2ccc(=O)[nH]c2=O)[C@](C)(O)[C@@H]1O.C[C@@H](OC(=O)c1ccccc1)[C@H]1O[C@@H](n2ccc(=O)[nH]c2=O)[C@](C)(OC(=O)c2ccccc2)[C@@H]1OC(=O)c1ccccc1. The van der Waals surface area contributed by atoms with Crippen molar-refractivity contribution in [1.29, 1.82) is 0 Å². The van der Waals surface area contributed by atoms with Gasteiger partial charge in [0.05, 0.1) is 39.5 Å². The number of nitrogens with zero attached hydrogens (tertiary/aromatic N) is 2. The van der Waals surface area contributed by atoms with Crippen molar-refractivity contribution in [1.82, 2.24) is 19.1 Å². The van der Waals surface area contributed by atoms with Gasteiger partial charge >= 0.3 is 53.2 Å². The summed E-state index contributed by atoms with van der Waals surface area (Å²) in [5.74, 6) is -5.07. The zero-order valence-electron chi connectivity index (χ0n) is 55.4. The summed E-state index contributed by atoms with van der Waals surface area (Å²) < 4.78 is 60.1. The molecule has 0 aliphatic carbocycles. The lowest BCUT2D eigenvalue weighted by Crippen LogP contribution is -2.53. The second kappa shape index (κ2) is 32.2. The van der Waals surface area contributed by atoms with E-state index in [-0.39, 0.29) is 27.8 Å². The first-order valence-corrected chi connectivity index (χ1v) is 31.6. The van der Waals surface area contributed by atoms with E-state index in [2.05, 4.69) is 4.98 Å². The van der Waals surface area contributed by atoms with E-state index in [0.717, 1.165) is 27.5 Å². The Balaban J connectivity index is 0.000000189. The normalized spacial score (nSPS) is 25.0. The third-order valence-corrected chi connectivity index (χ3v) is 16.6. The highest BCUT2D eigenvalue weighted by Crippen LogP contribution is 2.46. The van der Waals surface area contributed by atoms with Crippen molar-refractivity contribution in [3.8, 4) is 0 Å². The number of hydrogen-bond acceptors (Lipinski definition) is 24. The number of carbonyl (C=O) groups excluding carboxylic acids is 7. The van der Waals surface area contributed by atoms with Crippen LogP contribution in [0.2, 0.25) is 0 Å². The second-order valence-corrected chi connectivity index (χ2v) is 24.1. The Morgan fingerprint density at radius 1 is 0.436 bits per heavy atom. The molecule has 1 unspecified atom stereocenters. The summed E-state index contributed by atoms with van der Waals surface area (Å²) in [6.45, 7) is 9.84. The van der Waals surface area contributed by atoms with Crippen LogP contribution in [0.1, 0.15) is 123 Å². The average molecular weight is 1390 g/mol. The molecule has 5 heterocycles. The topological polar surface area (TPSA) is 382 Å². The second-order valence-electron chi connectivity index (χ2n) is 24.1. The van der Waals surface area contributed by atoms with E-state index in [0.29, 0.717) is 5.56 Å². The molecule has 0 bridgehead atoms. The van der Waals surface area contributed by atoms with E-state index < -0.39 is 155 Å². The molecule has 0 radical (unpaired) electrons. The van der Waals surface area contributed by atoms with E-state index in [1.165, 1.54) is 59.9 Å². The Bertz CT molecular complexity index is 4460. The van der Waals surface area contributed by atoms with Gasteiger partial charge in [-0.25, -0.2) is 38.4 Å². The first kappa shape index (κ1) is 74.0. The molecule has 3 saturated heterocycles. The van der Waals surface area contributed by atoms with Gasteiger partial charge in [0.15, 0.2) is 30.3 Å². The molecule has 0 spiro atoms. The van der Waals surface area contributed by atoms with Gasteiger partial charge in [-0.05, 0) is 114 Å². The summed E-state index contributed by atoms with van der Waals surface area (Å²) in [5, 5.41) is 29.7. The predicted molar refractivity (Wildman–Crippen MR) is 354 cm³/mol. The quantitative estimate of drug-likeness (QED) is 0.0500. The third kappa shape index (κ3) is 17.2. The van der Waals surface area contributed by atoms with Gasteiger partial charge in [0.1, 0.15) is 42.2 Å². The highest BCUT2D eigenvalue weighted by atomic mass is 16.8. The number of nitrogens with one attached hydrogen (secondary N) is 2. The predicted octanol–water partition coefficient (Wildman–Crippen LogP) is 5.81. The molecule has 2 aromatic heterocycles. The molecule has 28 nitrogen and oxygen atoms in total. The number of rotatable bonds is 18. The van der Waals surface area contributed by atoms with Crippen LogP contribution in [0, 0.1) is 0 Å².